The Morgan fingerprint density at radius 2 is 1.91 bits per heavy atom. The van der Waals surface area contributed by atoms with Gasteiger partial charge < -0.3 is 42.5 Å². The molecule has 0 aromatic carbocycles. The molecule has 25 heteroatoms. The van der Waals surface area contributed by atoms with Gasteiger partial charge in [-0.25, -0.2) is 24.2 Å². The van der Waals surface area contributed by atoms with Crippen molar-refractivity contribution in [3.63, 3.8) is 0 Å². The van der Waals surface area contributed by atoms with Crippen molar-refractivity contribution >= 4 is 92.6 Å². The number of carboxylic acid groups (broad SMARTS) is 2. The molecule has 0 radical (unpaired) electrons. The normalized spacial score (nSPS) is 18.5. The van der Waals surface area contributed by atoms with Crippen LogP contribution >= 0.6 is 23.1 Å². The fraction of sp³-hybridized carbons (Fsp3) is 0.312. The van der Waals surface area contributed by atoms with E-state index in [0.29, 0.717) is 11.1 Å². The lowest BCUT2D eigenvalue weighted by Gasteiger charge is -2.49. The molecular formula is C32H34N11O12S2+. The Morgan fingerprint density at radius 3 is 2.58 bits per heavy atom. The molecule has 0 unspecified atom stereocenters. The number of carbonyl (C=O) groups is 8. The number of allylic oxidation sites excluding steroid dienone is 3. The van der Waals surface area contributed by atoms with E-state index in [4.69, 9.17) is 16.3 Å². The van der Waals surface area contributed by atoms with Crippen LogP contribution in [-0.2, 0) is 49.7 Å². The number of rotatable bonds is 15. The minimum absolute atomic E-state index is 0.0332. The van der Waals surface area contributed by atoms with Crippen molar-refractivity contribution in [2.75, 3.05) is 35.6 Å². The molecule has 3 aliphatic heterocycles. The first-order valence-corrected chi connectivity index (χ1v) is 18.4. The Labute approximate surface area is 329 Å². The maximum absolute atomic E-state index is 13.3. The van der Waals surface area contributed by atoms with Crippen molar-refractivity contribution in [3.05, 3.63) is 58.8 Å². The molecule has 5 rings (SSSR count). The number of carbonyl (C=O) groups excluding carboxylic acids is 6. The molecule has 23 nitrogen and oxygen atoms in total. The van der Waals surface area contributed by atoms with Crippen LogP contribution in [0.5, 0.6) is 0 Å². The Kier molecular flexibility index (Phi) is 12.3. The first-order valence-electron chi connectivity index (χ1n) is 16.4. The maximum atomic E-state index is 13.3. The molecule has 0 bridgehead atoms. The number of carboxylic acids is 2. The second-order valence-corrected chi connectivity index (χ2v) is 14.7. The molecule has 1 saturated heterocycles. The molecule has 5 heterocycles. The van der Waals surface area contributed by atoms with Gasteiger partial charge in [-0.3, -0.25) is 38.9 Å². The molecule has 4 amide bonds. The Balaban J connectivity index is 1.20. The van der Waals surface area contributed by atoms with Crippen LogP contribution in [0.2, 0.25) is 0 Å². The van der Waals surface area contributed by atoms with Crippen LogP contribution < -0.4 is 32.0 Å². The van der Waals surface area contributed by atoms with E-state index >= 15 is 0 Å². The molecule has 300 valence electrons. The summed E-state index contributed by atoms with van der Waals surface area (Å²) < 4.78 is 1.52. The summed E-state index contributed by atoms with van der Waals surface area (Å²) in [6, 6.07) is -1.17. The number of nitrogens with two attached hydrogens (primary N) is 2. The molecule has 0 aliphatic carbocycles. The molecule has 57 heavy (non-hydrogen) atoms. The number of fused-ring (bicyclic) bond motifs is 1. The van der Waals surface area contributed by atoms with Crippen LogP contribution in [0.3, 0.4) is 0 Å². The third-order valence-electron chi connectivity index (χ3n) is 8.16. The van der Waals surface area contributed by atoms with Gasteiger partial charge in [-0.15, -0.1) is 23.1 Å². The van der Waals surface area contributed by atoms with E-state index in [-0.39, 0.29) is 58.9 Å². The highest BCUT2D eigenvalue weighted by Crippen LogP contribution is 2.40. The molecule has 2 aromatic heterocycles. The van der Waals surface area contributed by atoms with E-state index in [1.807, 2.05) is 0 Å². The Bertz CT molecular complexity index is 2200. The molecule has 10 N–H and O–H groups in total. The van der Waals surface area contributed by atoms with E-state index in [9.17, 15) is 53.8 Å². The van der Waals surface area contributed by atoms with Gasteiger partial charge in [-0.2, -0.15) is 0 Å². The average Bonchev–Trinajstić information content (AvgIpc) is 3.58. The first kappa shape index (κ1) is 41.4. The van der Waals surface area contributed by atoms with Crippen molar-refractivity contribution in [1.82, 2.24) is 30.6 Å². The summed E-state index contributed by atoms with van der Waals surface area (Å²) in [5.41, 5.74) is 8.97. The molecule has 0 saturated carbocycles. The van der Waals surface area contributed by atoms with Crippen LogP contribution in [0.1, 0.15) is 26.0 Å². The highest BCUT2D eigenvalue weighted by atomic mass is 32.2. The van der Waals surface area contributed by atoms with Crippen LogP contribution in [-0.4, -0.2) is 124 Å². The van der Waals surface area contributed by atoms with E-state index in [0.717, 1.165) is 16.2 Å². The predicted molar refractivity (Wildman–Crippen MR) is 196 cm³/mol. The molecular weight excluding hydrogens is 795 g/mol. The number of thiazole rings is 1. The molecule has 3 aliphatic rings. The minimum atomic E-state index is -1.82. The van der Waals surface area contributed by atoms with E-state index < -0.39 is 82.1 Å². The fourth-order valence-corrected chi connectivity index (χ4v) is 6.98. The predicted octanol–water partition coefficient (Wildman–Crippen LogP) is -2.26. The minimum Gasteiger partial charge on any atom is -0.478 e. The van der Waals surface area contributed by atoms with Crippen molar-refractivity contribution in [1.29, 1.82) is 0 Å². The standard InChI is InChI=1S/C32H33N11O12S2/c1-32(2,30(52)53)55-40-21(16-12-57-31(34)38-16)26(48)39-22-27(49)43-23(29(50)51)14(11-56-28(22)43)4-3-7-41-9-15(24(33)36-13-41)37-20(46)5-6-35-25(47)17-8-18(44)19(45)10-42(17)54/h3-4,8-9,12-13,22,28,33,54H,5-7,10-11H2,1-2H3,(H7,34,35,37,38,39,46,47,48,50,51,52,53)/p+1/b4-3+,40-21-/t22-,28-/m1/s1. The zero-order valence-electron chi connectivity index (χ0n) is 29.8. The van der Waals surface area contributed by atoms with Crippen molar-refractivity contribution < 1.29 is 63.2 Å². The van der Waals surface area contributed by atoms with Gasteiger partial charge in [0.25, 0.3) is 29.9 Å². The summed E-state index contributed by atoms with van der Waals surface area (Å²) in [6.07, 6.45) is 6.36. The van der Waals surface area contributed by atoms with E-state index in [1.165, 1.54) is 54.2 Å². The second kappa shape index (κ2) is 17.0. The lowest BCUT2D eigenvalue weighted by Crippen LogP contribution is -2.71. The summed E-state index contributed by atoms with van der Waals surface area (Å²) in [5, 5.41) is 41.4. The average molecular weight is 829 g/mol. The number of amides is 4. The first-order chi connectivity index (χ1) is 26.9. The SMILES string of the molecule is CC(C)(O/N=C(\C(=O)N[C@@H]1C(=O)N2C(C(=O)O)=C(/C=C/C[n+]3cnc(N)c(NC(=O)CCNC(=O)C4=CC(=O)C(=O)CN4O)c3)CS[C@H]12)c1csc(N)n1)C(=O)O. The number of hydrogen-bond donors (Lipinski definition) is 8. The number of aromatic nitrogens is 3. The molecule has 2 aromatic rings. The molecule has 2 atom stereocenters. The van der Waals surface area contributed by atoms with Gasteiger partial charge in [0.05, 0.1) is 0 Å². The van der Waals surface area contributed by atoms with Gasteiger partial charge in [0.15, 0.2) is 16.5 Å². The van der Waals surface area contributed by atoms with Gasteiger partial charge in [0.1, 0.15) is 47.8 Å². The van der Waals surface area contributed by atoms with Crippen molar-refractivity contribution in [2.45, 2.75) is 43.8 Å². The second-order valence-electron chi connectivity index (χ2n) is 12.7. The number of Topliss-reactive ketones (excluding diaryl/α,β-unsaturated/α-hetero) is 1. The fourth-order valence-electron chi connectivity index (χ4n) is 5.12. The zero-order chi connectivity index (χ0) is 41.8. The van der Waals surface area contributed by atoms with Crippen molar-refractivity contribution in [3.8, 4) is 0 Å². The number of ketones is 2. The molecule has 1 fully saturated rings. The third-order valence-corrected chi connectivity index (χ3v) is 10.1. The van der Waals surface area contributed by atoms with Crippen molar-refractivity contribution in [2.24, 2.45) is 5.16 Å². The van der Waals surface area contributed by atoms with Gasteiger partial charge in [-0.05, 0) is 30.5 Å². The van der Waals surface area contributed by atoms with Crippen LogP contribution in [0.4, 0.5) is 16.6 Å². The highest BCUT2D eigenvalue weighted by Gasteiger charge is 2.54. The summed E-state index contributed by atoms with van der Waals surface area (Å²) >= 11 is 2.16. The summed E-state index contributed by atoms with van der Waals surface area (Å²) in [5.74, 6) is -7.60. The Hall–Kier alpha value is -6.73. The lowest BCUT2D eigenvalue weighted by molar-refractivity contribution is -0.689. The van der Waals surface area contributed by atoms with Crippen LogP contribution in [0.15, 0.2) is 58.3 Å². The van der Waals surface area contributed by atoms with Gasteiger partial charge in [-0.1, -0.05) is 11.2 Å². The number of oxime groups is 1. The summed E-state index contributed by atoms with van der Waals surface area (Å²) in [7, 11) is 0. The number of nitrogen functional groups attached to an aromatic ring is 2. The van der Waals surface area contributed by atoms with Gasteiger partial charge >= 0.3 is 11.9 Å². The monoisotopic (exact) mass is 828 g/mol. The number of nitrogens with zero attached hydrogens (tertiary/aromatic N) is 6. The lowest BCUT2D eigenvalue weighted by atomic mass is 10.0. The van der Waals surface area contributed by atoms with E-state index in [2.05, 4.69) is 31.1 Å². The quantitative estimate of drug-likeness (QED) is 0.0309. The number of β-lactam (4-membered cyclic amide) rings is 1. The topological polar surface area (TPSA) is 343 Å². The Morgan fingerprint density at radius 1 is 1.18 bits per heavy atom. The number of nitrogens with one attached hydrogen (secondary N) is 3. The zero-order valence-corrected chi connectivity index (χ0v) is 31.5. The number of hydrogen-bond acceptors (Lipinski definition) is 18. The van der Waals surface area contributed by atoms with Crippen LogP contribution in [0, 0.1) is 0 Å². The highest BCUT2D eigenvalue weighted by molar-refractivity contribution is 8.00. The van der Waals surface area contributed by atoms with Gasteiger partial charge in [0.2, 0.25) is 23.1 Å². The van der Waals surface area contributed by atoms with Crippen LogP contribution in [0.25, 0.3) is 0 Å². The summed E-state index contributed by atoms with van der Waals surface area (Å²) in [6.45, 7) is 1.66. The smallest absolute Gasteiger partial charge is 0.352 e. The number of aliphatic carboxylic acids is 2. The largest absolute Gasteiger partial charge is 0.478 e. The number of thioether (sulfide) groups is 1. The summed E-state index contributed by atoms with van der Waals surface area (Å²) in [4.78, 5) is 112. The van der Waals surface area contributed by atoms with Gasteiger partial charge in [0, 0.05) is 30.2 Å². The third kappa shape index (κ3) is 9.39. The number of hydroxylamine groups is 2. The maximum Gasteiger partial charge on any atom is 0.352 e. The number of anilines is 3. The molecule has 0 spiro atoms. The van der Waals surface area contributed by atoms with E-state index in [1.54, 1.807) is 6.08 Å².